The summed E-state index contributed by atoms with van der Waals surface area (Å²) in [6.07, 6.45) is 5.51. The summed E-state index contributed by atoms with van der Waals surface area (Å²) in [5, 5.41) is 19.3. The summed E-state index contributed by atoms with van der Waals surface area (Å²) in [6, 6.07) is 0.556. The molecule has 0 bridgehead atoms. The lowest BCUT2D eigenvalue weighted by Crippen LogP contribution is -2.42. The Morgan fingerprint density at radius 1 is 1.45 bits per heavy atom. The molecular weight excluding hydrogens is 274 g/mol. The van der Waals surface area contributed by atoms with Crippen LogP contribution in [0.5, 0.6) is 0 Å². The molecule has 0 saturated heterocycles. The van der Waals surface area contributed by atoms with E-state index in [0.717, 1.165) is 49.9 Å². The van der Waals surface area contributed by atoms with Crippen molar-refractivity contribution in [2.75, 3.05) is 6.54 Å². The standard InChI is InChI=1S/C15H26ClN3O/c1-4-9-17-12-5-7-15(20,8-6-12)10-13-11(2)18-19(3)14(13)16/h12,17,20H,4-10H2,1-3H3. The lowest BCUT2D eigenvalue weighted by Gasteiger charge is -2.36. The van der Waals surface area contributed by atoms with Crippen LogP contribution in [0.25, 0.3) is 0 Å². The number of halogens is 1. The number of nitrogens with one attached hydrogen (secondary N) is 1. The summed E-state index contributed by atoms with van der Waals surface area (Å²) < 4.78 is 1.68. The maximum atomic E-state index is 10.8. The van der Waals surface area contributed by atoms with Crippen LogP contribution in [0.4, 0.5) is 0 Å². The van der Waals surface area contributed by atoms with Crippen LogP contribution in [-0.2, 0) is 13.5 Å². The number of aliphatic hydroxyl groups is 1. The molecule has 2 rings (SSSR count). The molecular formula is C15H26ClN3O. The molecule has 0 radical (unpaired) electrons. The van der Waals surface area contributed by atoms with Crippen molar-refractivity contribution in [2.45, 2.75) is 64.0 Å². The minimum Gasteiger partial charge on any atom is -0.390 e. The molecule has 1 aliphatic carbocycles. The van der Waals surface area contributed by atoms with Gasteiger partial charge in [-0.05, 0) is 45.6 Å². The second-order valence-electron chi connectivity index (χ2n) is 6.11. The zero-order chi connectivity index (χ0) is 14.8. The third-order valence-corrected chi connectivity index (χ3v) is 4.85. The average molecular weight is 300 g/mol. The normalized spacial score (nSPS) is 26.9. The quantitative estimate of drug-likeness (QED) is 0.879. The van der Waals surface area contributed by atoms with Crippen LogP contribution in [0.1, 0.15) is 50.3 Å². The monoisotopic (exact) mass is 299 g/mol. The molecule has 1 aliphatic rings. The largest absolute Gasteiger partial charge is 0.390 e. The zero-order valence-electron chi connectivity index (χ0n) is 12.7. The lowest BCUT2D eigenvalue weighted by atomic mass is 9.78. The second-order valence-corrected chi connectivity index (χ2v) is 6.47. The molecule has 1 saturated carbocycles. The van der Waals surface area contributed by atoms with Gasteiger partial charge in [-0.2, -0.15) is 5.10 Å². The van der Waals surface area contributed by atoms with E-state index in [1.807, 2.05) is 14.0 Å². The van der Waals surface area contributed by atoms with Crippen LogP contribution in [-0.4, -0.2) is 33.1 Å². The summed E-state index contributed by atoms with van der Waals surface area (Å²) in [5.74, 6) is 0. The van der Waals surface area contributed by atoms with Crippen molar-refractivity contribution < 1.29 is 5.11 Å². The van der Waals surface area contributed by atoms with E-state index in [1.54, 1.807) is 4.68 Å². The van der Waals surface area contributed by atoms with E-state index in [4.69, 9.17) is 11.6 Å². The van der Waals surface area contributed by atoms with E-state index >= 15 is 0 Å². The third kappa shape index (κ3) is 3.54. The number of hydrogen-bond donors (Lipinski definition) is 2. The van der Waals surface area contributed by atoms with E-state index in [2.05, 4.69) is 17.3 Å². The predicted octanol–water partition coefficient (Wildman–Crippen LogP) is 2.60. The number of aryl methyl sites for hydroxylation is 2. The fourth-order valence-corrected chi connectivity index (χ4v) is 3.33. The Balaban J connectivity index is 1.96. The van der Waals surface area contributed by atoms with Crippen molar-refractivity contribution in [3.8, 4) is 0 Å². The molecule has 1 aromatic heterocycles. The summed E-state index contributed by atoms with van der Waals surface area (Å²) in [6.45, 7) is 5.20. The molecule has 1 aromatic rings. The van der Waals surface area contributed by atoms with Gasteiger partial charge in [0.05, 0.1) is 11.3 Å². The molecule has 0 amide bonds. The molecule has 4 nitrogen and oxygen atoms in total. The third-order valence-electron chi connectivity index (χ3n) is 4.38. The molecule has 0 spiro atoms. The molecule has 114 valence electrons. The van der Waals surface area contributed by atoms with Gasteiger partial charge < -0.3 is 10.4 Å². The Bertz CT molecular complexity index is 450. The van der Waals surface area contributed by atoms with E-state index in [0.29, 0.717) is 17.6 Å². The maximum Gasteiger partial charge on any atom is 0.130 e. The van der Waals surface area contributed by atoms with Crippen LogP contribution < -0.4 is 5.32 Å². The summed E-state index contributed by atoms with van der Waals surface area (Å²) >= 11 is 6.27. The Kier molecular flexibility index (Phi) is 5.10. The predicted molar refractivity (Wildman–Crippen MR) is 82.2 cm³/mol. The van der Waals surface area contributed by atoms with Crippen LogP contribution in [0.15, 0.2) is 0 Å². The van der Waals surface area contributed by atoms with Gasteiger partial charge in [-0.1, -0.05) is 18.5 Å². The van der Waals surface area contributed by atoms with Gasteiger partial charge in [0.15, 0.2) is 0 Å². The van der Waals surface area contributed by atoms with Crippen LogP contribution in [0, 0.1) is 6.92 Å². The van der Waals surface area contributed by atoms with Crippen molar-refractivity contribution in [2.24, 2.45) is 7.05 Å². The molecule has 1 fully saturated rings. The second kappa shape index (κ2) is 6.46. The highest BCUT2D eigenvalue weighted by molar-refractivity contribution is 6.30. The Hall–Kier alpha value is -0.580. The van der Waals surface area contributed by atoms with Gasteiger partial charge in [0, 0.05) is 25.1 Å². The van der Waals surface area contributed by atoms with E-state index in [1.165, 1.54) is 0 Å². The molecule has 0 aromatic carbocycles. The number of rotatable bonds is 5. The molecule has 0 aliphatic heterocycles. The first-order chi connectivity index (χ1) is 9.45. The fourth-order valence-electron chi connectivity index (χ4n) is 3.09. The Morgan fingerprint density at radius 3 is 2.60 bits per heavy atom. The SMILES string of the molecule is CCCNC1CCC(O)(Cc2c(C)nn(C)c2Cl)CC1. The Labute approximate surface area is 126 Å². The van der Waals surface area contributed by atoms with E-state index in [9.17, 15) is 5.11 Å². The van der Waals surface area contributed by atoms with Crippen LogP contribution >= 0.6 is 11.6 Å². The highest BCUT2D eigenvalue weighted by atomic mass is 35.5. The molecule has 5 heteroatoms. The molecule has 2 N–H and O–H groups in total. The minimum atomic E-state index is -0.623. The number of aromatic nitrogens is 2. The van der Waals surface area contributed by atoms with Crippen molar-refractivity contribution in [3.63, 3.8) is 0 Å². The topological polar surface area (TPSA) is 50.1 Å². The van der Waals surface area contributed by atoms with Gasteiger partial charge in [0.2, 0.25) is 0 Å². The maximum absolute atomic E-state index is 10.8. The first-order valence-corrected chi connectivity index (χ1v) is 7.97. The molecule has 0 unspecified atom stereocenters. The first kappa shape index (κ1) is 15.8. The summed E-state index contributed by atoms with van der Waals surface area (Å²) in [4.78, 5) is 0. The van der Waals surface area contributed by atoms with Crippen LogP contribution in [0.2, 0.25) is 5.15 Å². The lowest BCUT2D eigenvalue weighted by molar-refractivity contribution is -0.00318. The van der Waals surface area contributed by atoms with Crippen molar-refractivity contribution in [1.29, 1.82) is 0 Å². The minimum absolute atomic E-state index is 0.556. The van der Waals surface area contributed by atoms with Gasteiger partial charge in [0.1, 0.15) is 5.15 Å². The highest BCUT2D eigenvalue weighted by Crippen LogP contribution is 2.34. The van der Waals surface area contributed by atoms with Gasteiger partial charge >= 0.3 is 0 Å². The summed E-state index contributed by atoms with van der Waals surface area (Å²) in [5.41, 5.74) is 1.30. The van der Waals surface area contributed by atoms with E-state index < -0.39 is 5.60 Å². The van der Waals surface area contributed by atoms with Crippen molar-refractivity contribution >= 4 is 11.6 Å². The average Bonchev–Trinajstić information content (AvgIpc) is 2.65. The Morgan fingerprint density at radius 2 is 2.10 bits per heavy atom. The fraction of sp³-hybridized carbons (Fsp3) is 0.800. The first-order valence-electron chi connectivity index (χ1n) is 7.59. The number of hydrogen-bond acceptors (Lipinski definition) is 3. The van der Waals surface area contributed by atoms with Crippen LogP contribution in [0.3, 0.4) is 0 Å². The number of nitrogens with zero attached hydrogens (tertiary/aromatic N) is 2. The van der Waals surface area contributed by atoms with Gasteiger partial charge in [-0.3, -0.25) is 4.68 Å². The summed E-state index contributed by atoms with van der Waals surface area (Å²) in [7, 11) is 1.84. The van der Waals surface area contributed by atoms with Crippen molar-refractivity contribution in [1.82, 2.24) is 15.1 Å². The van der Waals surface area contributed by atoms with Gasteiger partial charge in [-0.15, -0.1) is 0 Å². The van der Waals surface area contributed by atoms with E-state index in [-0.39, 0.29) is 0 Å². The highest BCUT2D eigenvalue weighted by Gasteiger charge is 2.34. The molecule has 0 atom stereocenters. The molecule has 20 heavy (non-hydrogen) atoms. The smallest absolute Gasteiger partial charge is 0.130 e. The zero-order valence-corrected chi connectivity index (χ0v) is 13.5. The van der Waals surface area contributed by atoms with Crippen molar-refractivity contribution in [3.05, 3.63) is 16.4 Å². The van der Waals surface area contributed by atoms with Gasteiger partial charge in [0.25, 0.3) is 0 Å². The molecule has 1 heterocycles. The van der Waals surface area contributed by atoms with Gasteiger partial charge in [-0.25, -0.2) is 0 Å².